The Morgan fingerprint density at radius 2 is 2.05 bits per heavy atom. The number of hydrogen-bond donors (Lipinski definition) is 1. The van der Waals surface area contributed by atoms with E-state index in [1.165, 1.54) is 23.1 Å². The monoisotopic (exact) mass is 275 g/mol. The number of imide groups is 1. The molecular weight excluding hydrogens is 266 g/mol. The largest absolute Gasteiger partial charge is 0.321 e. The minimum atomic E-state index is -0.887. The molecule has 2 aliphatic heterocycles. The summed E-state index contributed by atoms with van der Waals surface area (Å²) in [5.74, 6) is -1.45. The zero-order valence-electron chi connectivity index (χ0n) is 10.2. The third-order valence-electron chi connectivity index (χ3n) is 3.49. The Labute approximate surface area is 112 Å². The predicted octanol–water partition coefficient (Wildman–Crippen LogP) is -0.0343. The fourth-order valence-corrected chi connectivity index (χ4v) is 2.55. The molecular formula is C12H9N3O5. The minimum Gasteiger partial charge on any atom is -0.321 e. The molecule has 1 saturated heterocycles. The van der Waals surface area contributed by atoms with Crippen molar-refractivity contribution in [2.45, 2.75) is 19.0 Å². The van der Waals surface area contributed by atoms with Crippen LogP contribution in [0.25, 0.3) is 0 Å². The Hall–Kier alpha value is -2.77. The maximum Gasteiger partial charge on any atom is 0.275 e. The lowest BCUT2D eigenvalue weighted by Gasteiger charge is -2.20. The number of carbonyl (C=O) groups is 3. The lowest BCUT2D eigenvalue weighted by molar-refractivity contribution is -0.385. The summed E-state index contributed by atoms with van der Waals surface area (Å²) in [4.78, 5) is 46.6. The summed E-state index contributed by atoms with van der Waals surface area (Å²) in [7, 11) is 0. The van der Waals surface area contributed by atoms with E-state index in [4.69, 9.17) is 0 Å². The quantitative estimate of drug-likeness (QED) is 0.463. The molecule has 0 unspecified atom stereocenters. The first-order chi connectivity index (χ1) is 9.49. The van der Waals surface area contributed by atoms with Crippen molar-refractivity contribution in [2.24, 2.45) is 0 Å². The average molecular weight is 275 g/mol. The van der Waals surface area contributed by atoms with Crippen LogP contribution in [0.4, 0.5) is 5.69 Å². The van der Waals surface area contributed by atoms with E-state index < -0.39 is 28.7 Å². The number of benzene rings is 1. The number of carbonyl (C=O) groups excluding carboxylic acids is 3. The van der Waals surface area contributed by atoms with Gasteiger partial charge in [0.15, 0.2) is 0 Å². The molecule has 0 aliphatic carbocycles. The van der Waals surface area contributed by atoms with Gasteiger partial charge in [-0.2, -0.15) is 0 Å². The molecule has 0 aromatic heterocycles. The SMILES string of the molecule is O=C1C[C@H](N2Cc3c(cccc3[N+](=O)[O-])C2=O)C(=O)N1. The molecule has 1 aromatic carbocycles. The van der Waals surface area contributed by atoms with Gasteiger partial charge in [-0.1, -0.05) is 6.07 Å². The molecule has 0 spiro atoms. The molecule has 8 heteroatoms. The number of nitro benzene ring substituents is 1. The molecule has 2 aliphatic rings. The van der Waals surface area contributed by atoms with Crippen molar-refractivity contribution in [1.82, 2.24) is 10.2 Å². The first-order valence-corrected chi connectivity index (χ1v) is 5.90. The normalized spacial score (nSPS) is 21.1. The van der Waals surface area contributed by atoms with Gasteiger partial charge in [-0.05, 0) is 6.07 Å². The van der Waals surface area contributed by atoms with Crippen molar-refractivity contribution in [3.63, 3.8) is 0 Å². The lowest BCUT2D eigenvalue weighted by atomic mass is 10.1. The van der Waals surface area contributed by atoms with Gasteiger partial charge in [-0.25, -0.2) is 0 Å². The number of fused-ring (bicyclic) bond motifs is 1. The van der Waals surface area contributed by atoms with Crippen LogP contribution in [0.2, 0.25) is 0 Å². The van der Waals surface area contributed by atoms with Crippen molar-refractivity contribution in [3.05, 3.63) is 39.4 Å². The highest BCUT2D eigenvalue weighted by molar-refractivity contribution is 6.09. The van der Waals surface area contributed by atoms with Gasteiger partial charge in [-0.3, -0.25) is 29.8 Å². The van der Waals surface area contributed by atoms with Gasteiger partial charge in [0.2, 0.25) is 11.8 Å². The van der Waals surface area contributed by atoms with Crippen molar-refractivity contribution < 1.29 is 19.3 Å². The molecule has 3 rings (SSSR count). The predicted molar refractivity (Wildman–Crippen MR) is 64.5 cm³/mol. The highest BCUT2D eigenvalue weighted by Crippen LogP contribution is 2.32. The average Bonchev–Trinajstić information content (AvgIpc) is 2.89. The molecule has 0 saturated carbocycles. The Morgan fingerprint density at radius 1 is 1.30 bits per heavy atom. The van der Waals surface area contributed by atoms with Gasteiger partial charge >= 0.3 is 0 Å². The molecule has 1 fully saturated rings. The molecule has 1 N–H and O–H groups in total. The molecule has 102 valence electrons. The van der Waals surface area contributed by atoms with E-state index in [1.54, 1.807) is 0 Å². The second-order valence-electron chi connectivity index (χ2n) is 4.63. The third kappa shape index (κ3) is 1.65. The highest BCUT2D eigenvalue weighted by Gasteiger charge is 2.43. The van der Waals surface area contributed by atoms with Crippen molar-refractivity contribution in [3.8, 4) is 0 Å². The molecule has 3 amide bonds. The lowest BCUT2D eigenvalue weighted by Crippen LogP contribution is -2.40. The fourth-order valence-electron chi connectivity index (χ4n) is 2.55. The van der Waals surface area contributed by atoms with Crippen LogP contribution >= 0.6 is 0 Å². The van der Waals surface area contributed by atoms with Crippen LogP contribution in [-0.4, -0.2) is 33.6 Å². The van der Waals surface area contributed by atoms with Gasteiger partial charge in [-0.15, -0.1) is 0 Å². The topological polar surface area (TPSA) is 110 Å². The van der Waals surface area contributed by atoms with Gasteiger partial charge < -0.3 is 4.90 Å². The summed E-state index contributed by atoms with van der Waals surface area (Å²) in [5.41, 5.74) is 0.351. The Balaban J connectivity index is 1.99. The van der Waals surface area contributed by atoms with Crippen LogP contribution in [0.5, 0.6) is 0 Å². The van der Waals surface area contributed by atoms with E-state index >= 15 is 0 Å². The first-order valence-electron chi connectivity index (χ1n) is 5.90. The van der Waals surface area contributed by atoms with E-state index in [9.17, 15) is 24.5 Å². The smallest absolute Gasteiger partial charge is 0.275 e. The van der Waals surface area contributed by atoms with E-state index in [1.807, 2.05) is 0 Å². The van der Waals surface area contributed by atoms with E-state index in [-0.39, 0.29) is 29.8 Å². The van der Waals surface area contributed by atoms with Crippen LogP contribution in [0.3, 0.4) is 0 Å². The minimum absolute atomic E-state index is 0.0311. The van der Waals surface area contributed by atoms with Crippen molar-refractivity contribution >= 4 is 23.4 Å². The molecule has 20 heavy (non-hydrogen) atoms. The van der Waals surface area contributed by atoms with E-state index in [0.29, 0.717) is 0 Å². The molecule has 2 heterocycles. The zero-order chi connectivity index (χ0) is 14.4. The number of nitrogens with zero attached hydrogens (tertiary/aromatic N) is 2. The fraction of sp³-hybridized carbons (Fsp3) is 0.250. The van der Waals surface area contributed by atoms with Crippen LogP contribution in [-0.2, 0) is 16.1 Å². The Kier molecular flexibility index (Phi) is 2.53. The van der Waals surface area contributed by atoms with Gasteiger partial charge in [0.25, 0.3) is 11.6 Å². The van der Waals surface area contributed by atoms with Crippen LogP contribution < -0.4 is 5.32 Å². The van der Waals surface area contributed by atoms with Crippen LogP contribution in [0.1, 0.15) is 22.3 Å². The molecule has 1 aromatic rings. The second-order valence-corrected chi connectivity index (χ2v) is 4.63. The van der Waals surface area contributed by atoms with E-state index in [0.717, 1.165) is 0 Å². The summed E-state index contributed by atoms with van der Waals surface area (Å²) < 4.78 is 0. The summed E-state index contributed by atoms with van der Waals surface area (Å²) in [6, 6.07) is 3.34. The van der Waals surface area contributed by atoms with Gasteiger partial charge in [0, 0.05) is 6.07 Å². The summed E-state index contributed by atoms with van der Waals surface area (Å²) in [5, 5.41) is 13.1. The maximum absolute atomic E-state index is 12.2. The number of amides is 3. The van der Waals surface area contributed by atoms with Gasteiger partial charge in [0.05, 0.1) is 29.0 Å². The second kappa shape index (κ2) is 4.12. The number of nitrogens with one attached hydrogen (secondary N) is 1. The number of nitro groups is 1. The molecule has 8 nitrogen and oxygen atoms in total. The summed E-state index contributed by atoms with van der Waals surface area (Å²) in [6.07, 6.45) is -0.105. The highest BCUT2D eigenvalue weighted by atomic mass is 16.6. The number of rotatable bonds is 2. The standard InChI is InChI=1S/C12H9N3O5/c16-10-4-9(11(17)13-10)14-5-7-6(12(14)18)2-1-3-8(7)15(19)20/h1-3,9H,4-5H2,(H,13,16,17)/t9-/m0/s1. The Morgan fingerprint density at radius 3 is 2.65 bits per heavy atom. The van der Waals surface area contributed by atoms with Crippen molar-refractivity contribution in [1.29, 1.82) is 0 Å². The summed E-state index contributed by atoms with van der Waals surface area (Å²) >= 11 is 0. The van der Waals surface area contributed by atoms with Gasteiger partial charge in [0.1, 0.15) is 6.04 Å². The molecule has 1 atom stereocenters. The maximum atomic E-state index is 12.2. The van der Waals surface area contributed by atoms with Crippen LogP contribution in [0, 0.1) is 10.1 Å². The number of hydrogen-bond acceptors (Lipinski definition) is 5. The Bertz CT molecular complexity index is 669. The summed E-state index contributed by atoms with van der Waals surface area (Å²) in [6.45, 7) is -0.0311. The van der Waals surface area contributed by atoms with Crippen molar-refractivity contribution in [2.75, 3.05) is 0 Å². The van der Waals surface area contributed by atoms with E-state index in [2.05, 4.69) is 5.32 Å². The van der Waals surface area contributed by atoms with Crippen LogP contribution in [0.15, 0.2) is 18.2 Å². The third-order valence-corrected chi connectivity index (χ3v) is 3.49. The zero-order valence-corrected chi connectivity index (χ0v) is 10.2. The molecule has 0 bridgehead atoms. The molecule has 0 radical (unpaired) electrons. The first kappa shape index (κ1) is 12.3.